The van der Waals surface area contributed by atoms with Crippen molar-refractivity contribution in [2.75, 3.05) is 4.90 Å². The number of aromatic nitrogens is 2. The second kappa shape index (κ2) is 13.3. The Hall–Kier alpha value is -6.40. The van der Waals surface area contributed by atoms with Gasteiger partial charge in [0, 0.05) is 27.9 Å². The van der Waals surface area contributed by atoms with Crippen molar-refractivity contribution in [1.29, 1.82) is 0 Å². The molecule has 2 aromatic heterocycles. The van der Waals surface area contributed by atoms with E-state index in [9.17, 15) is 0 Å². The number of benzene rings is 8. The van der Waals surface area contributed by atoms with E-state index in [4.69, 9.17) is 9.97 Å². The zero-order valence-electron chi connectivity index (χ0n) is 28.6. The molecule has 0 bridgehead atoms. The third kappa shape index (κ3) is 5.86. The standard InChI is InChI=1S/C48H31N3S2/c1-4-12-33(13-5-1)39-26-28-44(41-19-11-10-18-40(39)41)51(38-25-29-45-43(31-38)50-48(52-45)35-16-8-3-9-17-35)37-23-20-32(21-24-37)36-22-27-42-46(30-36)53-47(49-42)34-14-6-2-7-15-34/h1-31H. The average molecular weight is 714 g/mol. The van der Waals surface area contributed by atoms with Gasteiger partial charge in [-0.3, -0.25) is 0 Å². The molecular formula is C48H31N3S2. The van der Waals surface area contributed by atoms with Gasteiger partial charge in [-0.05, 0) is 76.2 Å². The molecule has 0 atom stereocenters. The molecule has 0 aliphatic heterocycles. The molecule has 2 heterocycles. The topological polar surface area (TPSA) is 29.0 Å². The van der Waals surface area contributed by atoms with Crippen LogP contribution in [0.4, 0.5) is 17.1 Å². The third-order valence-electron chi connectivity index (χ3n) is 9.74. The number of hydrogen-bond donors (Lipinski definition) is 0. The van der Waals surface area contributed by atoms with Crippen molar-refractivity contribution >= 4 is 70.9 Å². The first kappa shape index (κ1) is 31.3. The number of rotatable bonds is 7. The fourth-order valence-electron chi connectivity index (χ4n) is 7.15. The maximum absolute atomic E-state index is 5.12. The van der Waals surface area contributed by atoms with Crippen LogP contribution < -0.4 is 4.90 Å². The normalized spacial score (nSPS) is 11.4. The largest absolute Gasteiger partial charge is 0.310 e. The van der Waals surface area contributed by atoms with Crippen molar-refractivity contribution in [2.24, 2.45) is 0 Å². The Kier molecular flexibility index (Phi) is 7.86. The van der Waals surface area contributed by atoms with Gasteiger partial charge in [-0.2, -0.15) is 0 Å². The minimum atomic E-state index is 0.992. The Balaban J connectivity index is 1.09. The summed E-state index contributed by atoms with van der Waals surface area (Å²) in [5.74, 6) is 0. The number of nitrogens with zero attached hydrogens (tertiary/aromatic N) is 3. The molecule has 0 radical (unpaired) electrons. The van der Waals surface area contributed by atoms with E-state index >= 15 is 0 Å². The Bertz CT molecular complexity index is 2880. The van der Waals surface area contributed by atoms with Gasteiger partial charge in [0.15, 0.2) is 0 Å². The molecule has 3 nitrogen and oxygen atoms in total. The Morgan fingerprint density at radius 2 is 0.925 bits per heavy atom. The molecule has 53 heavy (non-hydrogen) atoms. The molecule has 10 rings (SSSR count). The summed E-state index contributed by atoms with van der Waals surface area (Å²) in [5.41, 5.74) is 12.3. The van der Waals surface area contributed by atoms with E-state index in [-0.39, 0.29) is 0 Å². The molecule has 0 unspecified atom stereocenters. The van der Waals surface area contributed by atoms with Crippen LogP contribution in [-0.2, 0) is 0 Å². The molecular weight excluding hydrogens is 683 g/mol. The van der Waals surface area contributed by atoms with E-state index in [0.29, 0.717) is 0 Å². The molecule has 10 aromatic rings. The van der Waals surface area contributed by atoms with Crippen LogP contribution in [0.25, 0.3) is 74.6 Å². The number of fused-ring (bicyclic) bond motifs is 3. The van der Waals surface area contributed by atoms with Crippen LogP contribution in [0.5, 0.6) is 0 Å². The van der Waals surface area contributed by atoms with Crippen LogP contribution >= 0.6 is 22.7 Å². The molecule has 250 valence electrons. The van der Waals surface area contributed by atoms with Gasteiger partial charge in [-0.25, -0.2) is 9.97 Å². The van der Waals surface area contributed by atoms with E-state index < -0.39 is 0 Å². The lowest BCUT2D eigenvalue weighted by Gasteiger charge is -2.27. The van der Waals surface area contributed by atoms with Crippen molar-refractivity contribution in [2.45, 2.75) is 0 Å². The van der Waals surface area contributed by atoms with Gasteiger partial charge >= 0.3 is 0 Å². The smallest absolute Gasteiger partial charge is 0.124 e. The van der Waals surface area contributed by atoms with E-state index in [1.165, 1.54) is 36.9 Å². The molecule has 0 saturated heterocycles. The minimum Gasteiger partial charge on any atom is -0.310 e. The number of thiazole rings is 2. The number of hydrogen-bond acceptors (Lipinski definition) is 5. The number of anilines is 3. The van der Waals surface area contributed by atoms with Gasteiger partial charge < -0.3 is 4.90 Å². The Morgan fingerprint density at radius 1 is 0.358 bits per heavy atom. The highest BCUT2D eigenvalue weighted by atomic mass is 32.1. The van der Waals surface area contributed by atoms with Gasteiger partial charge in [0.05, 0.1) is 26.1 Å². The monoisotopic (exact) mass is 713 g/mol. The van der Waals surface area contributed by atoms with Gasteiger partial charge in [0.2, 0.25) is 0 Å². The molecule has 0 saturated carbocycles. The summed E-state index contributed by atoms with van der Waals surface area (Å²) in [5, 5.41) is 4.47. The lowest BCUT2D eigenvalue weighted by atomic mass is 9.96. The molecule has 0 fully saturated rings. The zero-order valence-corrected chi connectivity index (χ0v) is 30.2. The average Bonchev–Trinajstić information content (AvgIpc) is 3.87. The summed E-state index contributed by atoms with van der Waals surface area (Å²) < 4.78 is 2.35. The summed E-state index contributed by atoms with van der Waals surface area (Å²) in [4.78, 5) is 12.4. The van der Waals surface area contributed by atoms with Crippen molar-refractivity contribution in [3.63, 3.8) is 0 Å². The van der Waals surface area contributed by atoms with Gasteiger partial charge in [-0.15, -0.1) is 22.7 Å². The van der Waals surface area contributed by atoms with Crippen molar-refractivity contribution < 1.29 is 0 Å². The first-order valence-corrected chi connectivity index (χ1v) is 19.3. The van der Waals surface area contributed by atoms with E-state index in [0.717, 1.165) is 54.8 Å². The van der Waals surface area contributed by atoms with Crippen LogP contribution in [-0.4, -0.2) is 9.97 Å². The molecule has 0 aliphatic carbocycles. The van der Waals surface area contributed by atoms with Gasteiger partial charge in [0.1, 0.15) is 10.0 Å². The molecule has 5 heteroatoms. The first-order chi connectivity index (χ1) is 26.2. The van der Waals surface area contributed by atoms with Crippen LogP contribution in [0.1, 0.15) is 0 Å². The summed E-state index contributed by atoms with van der Waals surface area (Å²) in [7, 11) is 0. The predicted molar refractivity (Wildman–Crippen MR) is 227 cm³/mol. The summed E-state index contributed by atoms with van der Waals surface area (Å²) in [6.45, 7) is 0. The van der Waals surface area contributed by atoms with Crippen LogP contribution in [0.3, 0.4) is 0 Å². The lowest BCUT2D eigenvalue weighted by molar-refractivity contribution is 1.30. The minimum absolute atomic E-state index is 0.992. The van der Waals surface area contributed by atoms with Gasteiger partial charge in [-0.1, -0.05) is 140 Å². The highest BCUT2D eigenvalue weighted by Crippen LogP contribution is 2.44. The Labute approximate surface area is 315 Å². The molecule has 8 aromatic carbocycles. The van der Waals surface area contributed by atoms with E-state index in [1.807, 2.05) is 12.1 Å². The SMILES string of the molecule is c1ccc(-c2nc3cc(N(c4ccc(-c5ccc6nc(-c7ccccc7)sc6c5)cc4)c4ccc(-c5ccccc5)c5ccccc45)ccc3s2)cc1. The zero-order chi connectivity index (χ0) is 35.1. The van der Waals surface area contributed by atoms with Crippen molar-refractivity contribution in [3.8, 4) is 43.4 Å². The maximum Gasteiger partial charge on any atom is 0.124 e. The molecule has 0 amide bonds. The highest BCUT2D eigenvalue weighted by molar-refractivity contribution is 7.22. The second-order valence-corrected chi connectivity index (χ2v) is 15.1. The highest BCUT2D eigenvalue weighted by Gasteiger charge is 2.19. The fraction of sp³-hybridized carbons (Fsp3) is 0. The summed E-state index contributed by atoms with van der Waals surface area (Å²) in [6, 6.07) is 67.0. The van der Waals surface area contributed by atoms with Crippen LogP contribution in [0.15, 0.2) is 188 Å². The van der Waals surface area contributed by atoms with Crippen molar-refractivity contribution in [1.82, 2.24) is 9.97 Å². The molecule has 0 N–H and O–H groups in total. The summed E-state index contributed by atoms with van der Waals surface area (Å²) in [6.07, 6.45) is 0. The predicted octanol–water partition coefficient (Wildman–Crippen LogP) is 14.2. The molecule has 0 aliphatic rings. The maximum atomic E-state index is 5.12. The fourth-order valence-corrected chi connectivity index (χ4v) is 9.11. The first-order valence-electron chi connectivity index (χ1n) is 17.6. The van der Waals surface area contributed by atoms with Crippen LogP contribution in [0.2, 0.25) is 0 Å². The lowest BCUT2D eigenvalue weighted by Crippen LogP contribution is -2.10. The Morgan fingerprint density at radius 3 is 1.62 bits per heavy atom. The van der Waals surface area contributed by atoms with E-state index in [1.54, 1.807) is 22.7 Å². The van der Waals surface area contributed by atoms with Crippen LogP contribution in [0, 0.1) is 0 Å². The van der Waals surface area contributed by atoms with Crippen molar-refractivity contribution in [3.05, 3.63) is 188 Å². The van der Waals surface area contributed by atoms with E-state index in [2.05, 4.69) is 181 Å². The summed E-state index contributed by atoms with van der Waals surface area (Å²) >= 11 is 3.47. The van der Waals surface area contributed by atoms with Gasteiger partial charge in [0.25, 0.3) is 0 Å². The quantitative estimate of drug-likeness (QED) is 0.165. The molecule has 0 spiro atoms. The second-order valence-electron chi connectivity index (χ2n) is 13.0. The third-order valence-corrected chi connectivity index (χ3v) is 11.9.